The van der Waals surface area contributed by atoms with Crippen LogP contribution in [0.25, 0.3) is 17.2 Å². The molecule has 1 unspecified atom stereocenters. The third-order valence-corrected chi connectivity index (χ3v) is 5.96. The van der Waals surface area contributed by atoms with E-state index in [2.05, 4.69) is 27.4 Å². The van der Waals surface area contributed by atoms with Crippen LogP contribution in [0.3, 0.4) is 0 Å². The molecular weight excluding hydrogens is 444 g/mol. The van der Waals surface area contributed by atoms with Gasteiger partial charge in [-0.3, -0.25) is 4.79 Å². The van der Waals surface area contributed by atoms with E-state index in [1.807, 2.05) is 55.5 Å². The minimum Gasteiger partial charge on any atom is -0.493 e. The monoisotopic (exact) mass is 470 g/mol. The minimum absolute atomic E-state index is 0.109. The Hall–Kier alpha value is -4.27. The quantitative estimate of drug-likeness (QED) is 0.429. The van der Waals surface area contributed by atoms with Crippen molar-refractivity contribution in [2.24, 2.45) is 0 Å². The molecule has 4 aromatic rings. The molecule has 5 rings (SSSR count). The minimum atomic E-state index is -0.201. The maximum Gasteiger partial charge on any atom is 0.272 e. The summed E-state index contributed by atoms with van der Waals surface area (Å²) in [5, 5.41) is 16.0. The summed E-state index contributed by atoms with van der Waals surface area (Å²) >= 11 is 0. The van der Waals surface area contributed by atoms with Crippen LogP contribution in [-0.2, 0) is 4.79 Å². The van der Waals surface area contributed by atoms with Gasteiger partial charge in [0.2, 0.25) is 5.91 Å². The Balaban J connectivity index is 1.58. The van der Waals surface area contributed by atoms with E-state index in [1.165, 1.54) is 0 Å². The van der Waals surface area contributed by atoms with Crippen molar-refractivity contribution >= 4 is 11.7 Å². The Kier molecular flexibility index (Phi) is 6.13. The largest absolute Gasteiger partial charge is 0.493 e. The molecule has 178 valence electrons. The number of nitrogens with one attached hydrogen (secondary N) is 1. The van der Waals surface area contributed by atoms with Gasteiger partial charge in [0.05, 0.1) is 31.3 Å². The maximum atomic E-state index is 12.8. The zero-order valence-electron chi connectivity index (χ0n) is 19.9. The van der Waals surface area contributed by atoms with Gasteiger partial charge < -0.3 is 14.8 Å². The lowest BCUT2D eigenvalue weighted by Gasteiger charge is -2.25. The Morgan fingerprint density at radius 2 is 1.97 bits per heavy atom. The predicted molar refractivity (Wildman–Crippen MR) is 131 cm³/mol. The van der Waals surface area contributed by atoms with Gasteiger partial charge in [-0.05, 0) is 31.0 Å². The van der Waals surface area contributed by atoms with Gasteiger partial charge in [0.15, 0.2) is 11.5 Å². The van der Waals surface area contributed by atoms with Gasteiger partial charge >= 0.3 is 0 Å². The lowest BCUT2D eigenvalue weighted by Crippen LogP contribution is -2.25. The molecule has 0 bridgehead atoms. The Morgan fingerprint density at radius 1 is 1.14 bits per heavy atom. The first-order valence-corrected chi connectivity index (χ1v) is 11.5. The van der Waals surface area contributed by atoms with Crippen molar-refractivity contribution in [3.63, 3.8) is 0 Å². The number of ether oxygens (including phenoxy) is 2. The van der Waals surface area contributed by atoms with Crippen LogP contribution in [0.5, 0.6) is 11.5 Å². The van der Waals surface area contributed by atoms with Crippen molar-refractivity contribution in [2.45, 2.75) is 32.6 Å². The van der Waals surface area contributed by atoms with Gasteiger partial charge in [-0.15, -0.1) is 5.10 Å². The van der Waals surface area contributed by atoms with E-state index in [9.17, 15) is 4.79 Å². The highest BCUT2D eigenvalue weighted by Crippen LogP contribution is 2.42. The average molecular weight is 471 g/mol. The molecule has 0 fully saturated rings. The van der Waals surface area contributed by atoms with Crippen LogP contribution in [0.4, 0.5) is 5.82 Å². The first kappa shape index (κ1) is 22.5. The Bertz CT molecular complexity index is 1370. The normalized spacial score (nSPS) is 14.8. The number of anilines is 1. The number of nitrogens with zero attached hydrogens (tertiary/aromatic N) is 5. The third kappa shape index (κ3) is 4.32. The molecule has 1 atom stereocenters. The Morgan fingerprint density at radius 3 is 2.74 bits per heavy atom. The number of carbonyl (C=O) groups is 1. The Labute approximate surface area is 203 Å². The third-order valence-electron chi connectivity index (χ3n) is 5.96. The second kappa shape index (κ2) is 9.54. The van der Waals surface area contributed by atoms with E-state index < -0.39 is 0 Å². The number of aryl methyl sites for hydroxylation is 1. The molecule has 1 aliphatic heterocycles. The molecule has 1 amide bonds. The highest BCUT2D eigenvalue weighted by Gasteiger charge is 2.33. The summed E-state index contributed by atoms with van der Waals surface area (Å²) in [6.45, 7) is 4.55. The first-order valence-electron chi connectivity index (χ1n) is 11.5. The summed E-state index contributed by atoms with van der Waals surface area (Å²) in [5.74, 6) is 1.86. The molecule has 0 saturated heterocycles. The first-order chi connectivity index (χ1) is 17.1. The molecule has 3 heterocycles. The zero-order chi connectivity index (χ0) is 24.4. The van der Waals surface area contributed by atoms with Gasteiger partial charge in [0.1, 0.15) is 5.82 Å². The van der Waals surface area contributed by atoms with Crippen LogP contribution in [0.15, 0.2) is 54.7 Å². The summed E-state index contributed by atoms with van der Waals surface area (Å²) in [4.78, 5) is 17.5. The van der Waals surface area contributed by atoms with Gasteiger partial charge in [0, 0.05) is 23.5 Å². The standard InChI is InChI=1S/C26H26N6O3/c1-4-12-35-22-13-18(10-11-21(22)34-3)19-14-23(33)29-25-24(19)16(2)31-32(25)26-28-20(15-27-30-26)17-8-6-5-7-9-17/h5-11,13,15,19H,4,12,14H2,1-3H3,(H,29,33). The average Bonchev–Trinajstić information content (AvgIpc) is 3.23. The van der Waals surface area contributed by atoms with Gasteiger partial charge in [-0.25, -0.2) is 4.98 Å². The molecule has 0 spiro atoms. The molecule has 9 nitrogen and oxygen atoms in total. The van der Waals surface area contributed by atoms with Crippen molar-refractivity contribution < 1.29 is 14.3 Å². The number of hydrogen-bond donors (Lipinski definition) is 1. The van der Waals surface area contributed by atoms with E-state index in [1.54, 1.807) is 18.0 Å². The van der Waals surface area contributed by atoms with Crippen LogP contribution in [0.1, 0.15) is 42.5 Å². The predicted octanol–water partition coefficient (Wildman–Crippen LogP) is 4.30. The number of hydrogen-bond acceptors (Lipinski definition) is 7. The second-order valence-corrected chi connectivity index (χ2v) is 8.33. The van der Waals surface area contributed by atoms with E-state index >= 15 is 0 Å². The molecule has 0 aliphatic carbocycles. The van der Waals surface area contributed by atoms with Gasteiger partial charge in [-0.2, -0.15) is 14.9 Å². The van der Waals surface area contributed by atoms with Crippen molar-refractivity contribution in [1.82, 2.24) is 25.0 Å². The van der Waals surface area contributed by atoms with E-state index in [0.717, 1.165) is 28.8 Å². The summed E-state index contributed by atoms with van der Waals surface area (Å²) in [5.41, 5.74) is 4.24. The number of aromatic nitrogens is 5. The number of benzene rings is 2. The van der Waals surface area contributed by atoms with Crippen LogP contribution < -0.4 is 14.8 Å². The molecule has 1 N–H and O–H groups in total. The SMILES string of the molecule is CCCOc1cc(C2CC(=O)Nc3c2c(C)nn3-c2nncc(-c3ccccc3)n2)ccc1OC. The zero-order valence-corrected chi connectivity index (χ0v) is 19.9. The number of rotatable bonds is 7. The van der Waals surface area contributed by atoms with Crippen molar-refractivity contribution in [3.8, 4) is 28.7 Å². The summed E-state index contributed by atoms with van der Waals surface area (Å²) in [6, 6.07) is 15.5. The fraction of sp³-hybridized carbons (Fsp3) is 0.269. The smallest absolute Gasteiger partial charge is 0.272 e. The second-order valence-electron chi connectivity index (χ2n) is 8.33. The fourth-order valence-electron chi connectivity index (χ4n) is 4.34. The summed E-state index contributed by atoms with van der Waals surface area (Å²) < 4.78 is 12.9. The molecule has 9 heteroatoms. The van der Waals surface area contributed by atoms with E-state index in [0.29, 0.717) is 42.0 Å². The molecule has 35 heavy (non-hydrogen) atoms. The van der Waals surface area contributed by atoms with E-state index in [-0.39, 0.29) is 11.8 Å². The molecule has 0 radical (unpaired) electrons. The molecule has 0 saturated carbocycles. The van der Waals surface area contributed by atoms with Crippen molar-refractivity contribution in [1.29, 1.82) is 0 Å². The van der Waals surface area contributed by atoms with Crippen molar-refractivity contribution in [2.75, 3.05) is 19.0 Å². The lowest BCUT2D eigenvalue weighted by molar-refractivity contribution is -0.116. The summed E-state index contributed by atoms with van der Waals surface area (Å²) in [6.07, 6.45) is 2.78. The van der Waals surface area contributed by atoms with Crippen LogP contribution in [0, 0.1) is 6.92 Å². The van der Waals surface area contributed by atoms with Crippen molar-refractivity contribution in [3.05, 3.63) is 71.5 Å². The highest BCUT2D eigenvalue weighted by atomic mass is 16.5. The number of amides is 1. The fourth-order valence-corrected chi connectivity index (χ4v) is 4.34. The highest BCUT2D eigenvalue weighted by molar-refractivity contribution is 5.95. The number of fused-ring (bicyclic) bond motifs is 1. The molecular formula is C26H26N6O3. The van der Waals surface area contributed by atoms with Gasteiger partial charge in [0.25, 0.3) is 5.95 Å². The number of methoxy groups -OCH3 is 1. The molecule has 1 aliphatic rings. The molecule has 2 aromatic carbocycles. The van der Waals surface area contributed by atoms with Crippen LogP contribution >= 0.6 is 0 Å². The maximum absolute atomic E-state index is 12.8. The number of carbonyl (C=O) groups excluding carboxylic acids is 1. The van der Waals surface area contributed by atoms with E-state index in [4.69, 9.17) is 14.6 Å². The van der Waals surface area contributed by atoms with Crippen LogP contribution in [-0.4, -0.2) is 44.6 Å². The summed E-state index contributed by atoms with van der Waals surface area (Å²) in [7, 11) is 1.62. The lowest BCUT2D eigenvalue weighted by atomic mass is 9.85. The van der Waals surface area contributed by atoms with Gasteiger partial charge in [-0.1, -0.05) is 43.3 Å². The van der Waals surface area contributed by atoms with Crippen LogP contribution in [0.2, 0.25) is 0 Å². The molecule has 2 aromatic heterocycles. The topological polar surface area (TPSA) is 104 Å².